The topological polar surface area (TPSA) is 76.1 Å². The van der Waals surface area contributed by atoms with Crippen molar-refractivity contribution in [2.75, 3.05) is 24.7 Å². The number of anilines is 1. The molecule has 1 N–H and O–H groups in total. The molecular weight excluding hydrogens is 346 g/mol. The maximum Gasteiger partial charge on any atom is 0.264 e. The Labute approximate surface area is 157 Å². The number of nitrogens with zero attached hydrogens (tertiary/aromatic N) is 1. The molecule has 2 heterocycles. The fourth-order valence-electron chi connectivity index (χ4n) is 3.67. The number of fused-ring (bicyclic) bond motifs is 2. The van der Waals surface area contributed by atoms with Crippen LogP contribution in [0.5, 0.6) is 11.5 Å². The number of carbonyl (C=O) groups is 2. The molecule has 6 nitrogen and oxygen atoms in total. The first-order chi connectivity index (χ1) is 13.0. The number of hydrogen-bond donors (Lipinski definition) is 1. The van der Waals surface area contributed by atoms with E-state index in [1.807, 2.05) is 13.0 Å². The van der Waals surface area contributed by atoms with E-state index in [0.29, 0.717) is 48.1 Å². The lowest BCUT2D eigenvalue weighted by molar-refractivity contribution is -0.135. The molecule has 2 aromatic rings. The van der Waals surface area contributed by atoms with Crippen molar-refractivity contribution < 1.29 is 24.2 Å². The van der Waals surface area contributed by atoms with E-state index >= 15 is 0 Å². The highest BCUT2D eigenvalue weighted by Gasteiger charge is 2.50. The van der Waals surface area contributed by atoms with Crippen LogP contribution < -0.4 is 14.4 Å². The molecule has 4 rings (SSSR count). The largest absolute Gasteiger partial charge is 0.486 e. The molecule has 0 spiro atoms. The number of aliphatic hydroxyl groups is 1. The Bertz CT molecular complexity index is 909. The zero-order valence-electron chi connectivity index (χ0n) is 15.1. The average Bonchev–Trinajstić information content (AvgIpc) is 2.90. The van der Waals surface area contributed by atoms with Crippen molar-refractivity contribution in [3.8, 4) is 11.5 Å². The quantitative estimate of drug-likeness (QED) is 0.823. The molecule has 6 heteroatoms. The van der Waals surface area contributed by atoms with E-state index in [2.05, 4.69) is 0 Å². The van der Waals surface area contributed by atoms with E-state index in [1.54, 1.807) is 41.3 Å². The third-order valence-electron chi connectivity index (χ3n) is 4.97. The van der Waals surface area contributed by atoms with E-state index in [4.69, 9.17) is 9.47 Å². The molecule has 0 fully saturated rings. The first kappa shape index (κ1) is 17.5. The van der Waals surface area contributed by atoms with E-state index in [1.165, 1.54) is 0 Å². The highest BCUT2D eigenvalue weighted by atomic mass is 16.6. The summed E-state index contributed by atoms with van der Waals surface area (Å²) in [6.45, 7) is 3.36. The van der Waals surface area contributed by atoms with Gasteiger partial charge in [-0.05, 0) is 30.7 Å². The fraction of sp³-hybridized carbons (Fsp3) is 0.333. The summed E-state index contributed by atoms with van der Waals surface area (Å²) in [5.41, 5.74) is -0.320. The second-order valence-corrected chi connectivity index (χ2v) is 6.79. The first-order valence-corrected chi connectivity index (χ1v) is 9.11. The smallest absolute Gasteiger partial charge is 0.264 e. The van der Waals surface area contributed by atoms with Gasteiger partial charge in [-0.1, -0.05) is 25.1 Å². The lowest BCUT2D eigenvalue weighted by Crippen LogP contribution is -2.42. The maximum absolute atomic E-state index is 13.0. The van der Waals surface area contributed by atoms with Crippen LogP contribution in [0.4, 0.5) is 5.69 Å². The number of rotatable bonds is 5. The maximum atomic E-state index is 13.0. The Balaban J connectivity index is 1.65. The van der Waals surface area contributed by atoms with Gasteiger partial charge in [0.1, 0.15) is 13.2 Å². The van der Waals surface area contributed by atoms with E-state index in [-0.39, 0.29) is 12.2 Å². The summed E-state index contributed by atoms with van der Waals surface area (Å²) in [6.07, 6.45) is 0.439. The summed E-state index contributed by atoms with van der Waals surface area (Å²) < 4.78 is 11.0. The summed E-state index contributed by atoms with van der Waals surface area (Å²) in [5, 5.41) is 11.2. The van der Waals surface area contributed by atoms with Crippen LogP contribution in [0.1, 0.15) is 35.7 Å². The van der Waals surface area contributed by atoms with Crippen LogP contribution in [-0.4, -0.2) is 36.6 Å². The average molecular weight is 367 g/mol. The minimum Gasteiger partial charge on any atom is -0.486 e. The molecule has 140 valence electrons. The van der Waals surface area contributed by atoms with Crippen LogP contribution in [0.25, 0.3) is 0 Å². The van der Waals surface area contributed by atoms with Gasteiger partial charge in [-0.2, -0.15) is 0 Å². The molecule has 0 radical (unpaired) electrons. The molecule has 27 heavy (non-hydrogen) atoms. The van der Waals surface area contributed by atoms with Gasteiger partial charge in [-0.25, -0.2) is 0 Å². The van der Waals surface area contributed by atoms with Crippen LogP contribution in [-0.2, 0) is 10.4 Å². The van der Waals surface area contributed by atoms with E-state index in [9.17, 15) is 14.7 Å². The molecule has 0 bridgehead atoms. The highest BCUT2D eigenvalue weighted by molar-refractivity contribution is 6.10. The molecule has 0 aromatic heterocycles. The van der Waals surface area contributed by atoms with Crippen molar-refractivity contribution in [3.63, 3.8) is 0 Å². The monoisotopic (exact) mass is 367 g/mol. The first-order valence-electron chi connectivity index (χ1n) is 9.11. The van der Waals surface area contributed by atoms with Gasteiger partial charge >= 0.3 is 0 Å². The van der Waals surface area contributed by atoms with Crippen molar-refractivity contribution in [3.05, 3.63) is 53.6 Å². The van der Waals surface area contributed by atoms with Crippen LogP contribution in [0.2, 0.25) is 0 Å². The van der Waals surface area contributed by atoms with Gasteiger partial charge in [0.25, 0.3) is 5.91 Å². The Kier molecular flexibility index (Phi) is 4.36. The van der Waals surface area contributed by atoms with Gasteiger partial charge in [0.05, 0.1) is 12.1 Å². The van der Waals surface area contributed by atoms with E-state index < -0.39 is 11.5 Å². The molecule has 2 aliphatic rings. The zero-order valence-corrected chi connectivity index (χ0v) is 15.1. The van der Waals surface area contributed by atoms with Gasteiger partial charge in [0.2, 0.25) is 0 Å². The Morgan fingerprint density at radius 1 is 1.15 bits per heavy atom. The number of Topliss-reactive ketones (excluding diaryl/α,β-unsaturated/α-hetero) is 1. The SMILES string of the molecule is CCCN1C(=O)[C@](O)(CC(=O)c2ccc3c(c2)OCCO3)c2ccccc21. The second kappa shape index (κ2) is 6.70. The molecule has 0 aliphatic carbocycles. The van der Waals surface area contributed by atoms with Gasteiger partial charge in [-0.15, -0.1) is 0 Å². The summed E-state index contributed by atoms with van der Waals surface area (Å²) in [4.78, 5) is 27.4. The third kappa shape index (κ3) is 2.86. The normalized spacial score (nSPS) is 20.5. The lowest BCUT2D eigenvalue weighted by atomic mass is 9.88. The molecule has 1 atom stereocenters. The van der Waals surface area contributed by atoms with Crippen LogP contribution in [0.15, 0.2) is 42.5 Å². The lowest BCUT2D eigenvalue weighted by Gasteiger charge is -2.23. The van der Waals surface area contributed by atoms with Crippen molar-refractivity contribution in [1.29, 1.82) is 0 Å². The van der Waals surface area contributed by atoms with Crippen molar-refractivity contribution in [2.24, 2.45) is 0 Å². The molecule has 2 aromatic carbocycles. The van der Waals surface area contributed by atoms with E-state index in [0.717, 1.165) is 6.42 Å². The fourth-order valence-corrected chi connectivity index (χ4v) is 3.67. The Morgan fingerprint density at radius 2 is 1.89 bits per heavy atom. The highest BCUT2D eigenvalue weighted by Crippen LogP contribution is 2.43. The predicted molar refractivity (Wildman–Crippen MR) is 99.4 cm³/mol. The minimum atomic E-state index is -1.85. The summed E-state index contributed by atoms with van der Waals surface area (Å²) in [7, 11) is 0. The predicted octanol–water partition coefficient (Wildman–Crippen LogP) is 2.68. The van der Waals surface area contributed by atoms with Gasteiger partial charge < -0.3 is 19.5 Å². The molecule has 0 unspecified atom stereocenters. The van der Waals surface area contributed by atoms with Crippen LogP contribution >= 0.6 is 0 Å². The van der Waals surface area contributed by atoms with Gasteiger partial charge in [-0.3, -0.25) is 9.59 Å². The second-order valence-electron chi connectivity index (χ2n) is 6.79. The minimum absolute atomic E-state index is 0.317. The van der Waals surface area contributed by atoms with Crippen molar-refractivity contribution in [1.82, 2.24) is 0 Å². The Hall–Kier alpha value is -2.86. The standard InChI is InChI=1S/C21H21NO5/c1-2-9-22-16-6-4-3-5-15(16)21(25,20(22)24)13-17(23)14-7-8-18-19(12-14)27-11-10-26-18/h3-8,12,25H,2,9-11,13H2,1H3/t21-/m0/s1. The molecule has 1 amide bonds. The zero-order chi connectivity index (χ0) is 19.0. The number of para-hydroxylation sites is 1. The molecule has 2 aliphatic heterocycles. The van der Waals surface area contributed by atoms with Crippen molar-refractivity contribution >= 4 is 17.4 Å². The number of hydrogen-bond acceptors (Lipinski definition) is 5. The van der Waals surface area contributed by atoms with Gasteiger partial charge in [0.15, 0.2) is 22.9 Å². The molecule has 0 saturated carbocycles. The number of amides is 1. The van der Waals surface area contributed by atoms with Crippen LogP contribution in [0.3, 0.4) is 0 Å². The number of ketones is 1. The Morgan fingerprint density at radius 3 is 2.67 bits per heavy atom. The van der Waals surface area contributed by atoms with Gasteiger partial charge in [0, 0.05) is 17.7 Å². The van der Waals surface area contributed by atoms with Crippen LogP contribution in [0, 0.1) is 0 Å². The molecular formula is C21H21NO5. The summed E-state index contributed by atoms with van der Waals surface area (Å²) >= 11 is 0. The number of carbonyl (C=O) groups excluding carboxylic acids is 2. The summed E-state index contributed by atoms with van der Waals surface area (Å²) in [5.74, 6) is 0.324. The van der Waals surface area contributed by atoms with Crippen molar-refractivity contribution in [2.45, 2.75) is 25.4 Å². The number of ether oxygens (including phenoxy) is 2. The number of benzene rings is 2. The summed E-state index contributed by atoms with van der Waals surface area (Å²) in [6, 6.07) is 12.0. The molecule has 0 saturated heterocycles. The third-order valence-corrected chi connectivity index (χ3v) is 4.97.